The van der Waals surface area contributed by atoms with E-state index < -0.39 is 0 Å². The number of amides is 2. The number of carbonyl (C=O) groups is 2. The molecule has 1 saturated carbocycles. The highest BCUT2D eigenvalue weighted by Gasteiger charge is 2.24. The second-order valence-electron chi connectivity index (χ2n) is 8.08. The zero-order chi connectivity index (χ0) is 20.5. The van der Waals surface area contributed by atoms with Crippen LogP contribution in [0.4, 0.5) is 0 Å². The van der Waals surface area contributed by atoms with Crippen molar-refractivity contribution in [2.45, 2.75) is 52.2 Å². The largest absolute Gasteiger partial charge is 0.352 e. The first-order chi connectivity index (χ1) is 13.9. The summed E-state index contributed by atoms with van der Waals surface area (Å²) in [5.74, 6) is -0.0712. The molecule has 2 aromatic carbocycles. The SMILES string of the molecule is Cc1ccc(C(=O)NC2CC2)cc1-c1ccc2c(cnn2CC(=O)NC(C)C)c1. The quantitative estimate of drug-likeness (QED) is 0.677. The van der Waals surface area contributed by atoms with Gasteiger partial charge in [0, 0.05) is 23.0 Å². The summed E-state index contributed by atoms with van der Waals surface area (Å²) in [6.45, 7) is 6.11. The maximum atomic E-state index is 12.4. The molecule has 1 aliphatic rings. The number of hydrogen-bond acceptors (Lipinski definition) is 3. The van der Waals surface area contributed by atoms with E-state index in [-0.39, 0.29) is 24.4 Å². The first-order valence-electron chi connectivity index (χ1n) is 10.1. The Bertz CT molecular complexity index is 1080. The summed E-state index contributed by atoms with van der Waals surface area (Å²) in [4.78, 5) is 24.5. The summed E-state index contributed by atoms with van der Waals surface area (Å²) in [7, 11) is 0. The summed E-state index contributed by atoms with van der Waals surface area (Å²) in [6.07, 6.45) is 3.92. The van der Waals surface area contributed by atoms with Crippen LogP contribution in [0.1, 0.15) is 42.6 Å². The summed E-state index contributed by atoms with van der Waals surface area (Å²) in [6, 6.07) is 12.3. The van der Waals surface area contributed by atoms with Gasteiger partial charge in [-0.25, -0.2) is 0 Å². The number of carbonyl (C=O) groups excluding carboxylic acids is 2. The summed E-state index contributed by atoms with van der Waals surface area (Å²) in [5.41, 5.74) is 4.76. The molecule has 0 atom stereocenters. The second kappa shape index (κ2) is 7.70. The van der Waals surface area contributed by atoms with Gasteiger partial charge in [-0.15, -0.1) is 0 Å². The molecule has 1 aliphatic carbocycles. The Morgan fingerprint density at radius 1 is 1.17 bits per heavy atom. The fourth-order valence-corrected chi connectivity index (χ4v) is 3.45. The molecule has 4 rings (SSSR count). The van der Waals surface area contributed by atoms with Crippen LogP contribution in [0, 0.1) is 6.92 Å². The van der Waals surface area contributed by atoms with Crippen LogP contribution in [0.3, 0.4) is 0 Å². The lowest BCUT2D eigenvalue weighted by atomic mass is 9.97. The van der Waals surface area contributed by atoms with E-state index in [2.05, 4.69) is 21.8 Å². The van der Waals surface area contributed by atoms with Gasteiger partial charge in [0.2, 0.25) is 5.91 Å². The number of rotatable bonds is 6. The Hall–Kier alpha value is -3.15. The lowest BCUT2D eigenvalue weighted by Crippen LogP contribution is -2.33. The topological polar surface area (TPSA) is 76.0 Å². The van der Waals surface area contributed by atoms with Crippen LogP contribution in [0.15, 0.2) is 42.6 Å². The van der Waals surface area contributed by atoms with Gasteiger partial charge in [-0.05, 0) is 74.6 Å². The predicted octanol–water partition coefficient (Wildman–Crippen LogP) is 3.43. The fraction of sp³-hybridized carbons (Fsp3) is 0.348. The molecular formula is C23H26N4O2. The minimum atomic E-state index is -0.0562. The third kappa shape index (κ3) is 4.31. The Balaban J connectivity index is 1.61. The molecule has 6 heteroatoms. The van der Waals surface area contributed by atoms with Crippen molar-refractivity contribution < 1.29 is 9.59 Å². The average Bonchev–Trinajstić information content (AvgIpc) is 3.40. The van der Waals surface area contributed by atoms with E-state index in [1.807, 2.05) is 51.1 Å². The van der Waals surface area contributed by atoms with Crippen molar-refractivity contribution in [1.82, 2.24) is 20.4 Å². The molecule has 0 radical (unpaired) electrons. The zero-order valence-electron chi connectivity index (χ0n) is 17.0. The van der Waals surface area contributed by atoms with E-state index in [1.54, 1.807) is 10.9 Å². The highest BCUT2D eigenvalue weighted by molar-refractivity contribution is 5.96. The summed E-state index contributed by atoms with van der Waals surface area (Å²) < 4.78 is 1.71. The molecule has 0 aliphatic heterocycles. The molecule has 0 spiro atoms. The number of fused-ring (bicyclic) bond motifs is 1. The van der Waals surface area contributed by atoms with Gasteiger partial charge in [-0.1, -0.05) is 12.1 Å². The Morgan fingerprint density at radius 2 is 1.97 bits per heavy atom. The van der Waals surface area contributed by atoms with Gasteiger partial charge in [0.05, 0.1) is 11.7 Å². The third-order valence-electron chi connectivity index (χ3n) is 5.11. The van der Waals surface area contributed by atoms with Gasteiger partial charge in [-0.2, -0.15) is 5.10 Å². The molecule has 1 fully saturated rings. The first-order valence-corrected chi connectivity index (χ1v) is 10.1. The van der Waals surface area contributed by atoms with Crippen molar-refractivity contribution in [2.75, 3.05) is 0 Å². The van der Waals surface area contributed by atoms with E-state index in [1.165, 1.54) is 0 Å². The van der Waals surface area contributed by atoms with Crippen LogP contribution < -0.4 is 10.6 Å². The van der Waals surface area contributed by atoms with Crippen molar-refractivity contribution in [1.29, 1.82) is 0 Å². The average molecular weight is 390 g/mol. The highest BCUT2D eigenvalue weighted by atomic mass is 16.2. The Kier molecular flexibility index (Phi) is 5.09. The van der Waals surface area contributed by atoms with Gasteiger partial charge in [0.25, 0.3) is 5.91 Å². The van der Waals surface area contributed by atoms with E-state index in [0.717, 1.165) is 40.4 Å². The summed E-state index contributed by atoms with van der Waals surface area (Å²) >= 11 is 0. The van der Waals surface area contributed by atoms with Gasteiger partial charge in [0.1, 0.15) is 6.54 Å². The van der Waals surface area contributed by atoms with E-state index in [0.29, 0.717) is 11.6 Å². The van der Waals surface area contributed by atoms with Gasteiger partial charge >= 0.3 is 0 Å². The molecule has 1 aromatic heterocycles. The molecular weight excluding hydrogens is 364 g/mol. The highest BCUT2D eigenvalue weighted by Crippen LogP contribution is 2.28. The Morgan fingerprint density at radius 3 is 2.69 bits per heavy atom. The van der Waals surface area contributed by atoms with Crippen molar-refractivity contribution in [3.8, 4) is 11.1 Å². The van der Waals surface area contributed by atoms with Crippen LogP contribution in [-0.2, 0) is 11.3 Å². The number of hydrogen-bond donors (Lipinski definition) is 2. The van der Waals surface area contributed by atoms with Crippen LogP contribution >= 0.6 is 0 Å². The van der Waals surface area contributed by atoms with E-state index in [4.69, 9.17) is 0 Å². The minimum Gasteiger partial charge on any atom is -0.352 e. The fourth-order valence-electron chi connectivity index (χ4n) is 3.45. The van der Waals surface area contributed by atoms with Crippen LogP contribution in [0.2, 0.25) is 0 Å². The van der Waals surface area contributed by atoms with Crippen LogP contribution in [0.5, 0.6) is 0 Å². The molecule has 0 unspecified atom stereocenters. The maximum Gasteiger partial charge on any atom is 0.251 e. The molecule has 1 heterocycles. The molecule has 0 saturated heterocycles. The Labute approximate surface area is 170 Å². The van der Waals surface area contributed by atoms with E-state index in [9.17, 15) is 9.59 Å². The van der Waals surface area contributed by atoms with Crippen LogP contribution in [0.25, 0.3) is 22.0 Å². The second-order valence-corrected chi connectivity index (χ2v) is 8.08. The van der Waals surface area contributed by atoms with Crippen LogP contribution in [-0.4, -0.2) is 33.7 Å². The molecule has 6 nitrogen and oxygen atoms in total. The first kappa shape index (κ1) is 19.2. The lowest BCUT2D eigenvalue weighted by Gasteiger charge is -2.11. The third-order valence-corrected chi connectivity index (χ3v) is 5.11. The molecule has 0 bridgehead atoms. The summed E-state index contributed by atoms with van der Waals surface area (Å²) in [5, 5.41) is 11.3. The van der Waals surface area contributed by atoms with Crippen molar-refractivity contribution in [2.24, 2.45) is 0 Å². The minimum absolute atomic E-state index is 0.0150. The molecule has 2 N–H and O–H groups in total. The van der Waals surface area contributed by atoms with Gasteiger partial charge in [-0.3, -0.25) is 14.3 Å². The number of nitrogens with one attached hydrogen (secondary N) is 2. The maximum absolute atomic E-state index is 12.4. The molecule has 2 amide bonds. The monoisotopic (exact) mass is 390 g/mol. The normalized spacial score (nSPS) is 13.7. The smallest absolute Gasteiger partial charge is 0.251 e. The van der Waals surface area contributed by atoms with Gasteiger partial charge in [0.15, 0.2) is 0 Å². The number of nitrogens with zero attached hydrogens (tertiary/aromatic N) is 2. The molecule has 3 aromatic rings. The number of aromatic nitrogens is 2. The van der Waals surface area contributed by atoms with Crippen molar-refractivity contribution in [3.05, 3.63) is 53.7 Å². The standard InChI is InChI=1S/C23H26N4O2/c1-14(2)25-22(28)13-27-21-9-6-16(10-18(21)12-24-27)20-11-17(5-4-15(20)3)23(29)26-19-7-8-19/h4-6,9-12,14,19H,7-8,13H2,1-3H3,(H,25,28)(H,26,29). The van der Waals surface area contributed by atoms with E-state index >= 15 is 0 Å². The molecule has 150 valence electrons. The number of aryl methyl sites for hydroxylation is 1. The van der Waals surface area contributed by atoms with Gasteiger partial charge < -0.3 is 10.6 Å². The van der Waals surface area contributed by atoms with Crippen molar-refractivity contribution >= 4 is 22.7 Å². The lowest BCUT2D eigenvalue weighted by molar-refractivity contribution is -0.122. The zero-order valence-corrected chi connectivity index (χ0v) is 17.0. The predicted molar refractivity (Wildman–Crippen MR) is 114 cm³/mol. The molecule has 29 heavy (non-hydrogen) atoms. The van der Waals surface area contributed by atoms with Crippen molar-refractivity contribution in [3.63, 3.8) is 0 Å². The number of benzene rings is 2.